The molecular weight excluding hydrogens is 501 g/mol. The molecule has 11 heteroatoms. The number of fused-ring (bicyclic) bond motifs is 2. The maximum atomic E-state index is 15.6. The summed E-state index contributed by atoms with van der Waals surface area (Å²) in [5.74, 6) is -4.38. The van der Waals surface area contributed by atoms with Crippen molar-refractivity contribution in [2.24, 2.45) is 0 Å². The van der Waals surface area contributed by atoms with Crippen molar-refractivity contribution >= 4 is 28.3 Å². The average Bonchev–Trinajstić information content (AvgIpc) is 2.81. The summed E-state index contributed by atoms with van der Waals surface area (Å²) in [5.41, 5.74) is -5.35. The zero-order valence-corrected chi connectivity index (χ0v) is 22.3. The highest BCUT2D eigenvalue weighted by atomic mass is 19.3. The van der Waals surface area contributed by atoms with Gasteiger partial charge in [-0.15, -0.1) is 0 Å². The molecule has 2 heterocycles. The van der Waals surface area contributed by atoms with Crippen LogP contribution in [-0.4, -0.2) is 50.9 Å². The van der Waals surface area contributed by atoms with Gasteiger partial charge in [0.05, 0.1) is 28.9 Å². The molecule has 1 aliphatic rings. The van der Waals surface area contributed by atoms with E-state index in [9.17, 15) is 23.8 Å². The number of nitrogens with zero attached hydrogens (tertiary/aromatic N) is 3. The highest BCUT2D eigenvalue weighted by Gasteiger charge is 2.52. The lowest BCUT2D eigenvalue weighted by molar-refractivity contribution is -0.197. The summed E-state index contributed by atoms with van der Waals surface area (Å²) in [7, 11) is 1.63. The Balaban J connectivity index is 1.82. The molecule has 1 aliphatic heterocycles. The van der Waals surface area contributed by atoms with Crippen LogP contribution < -0.4 is 15.0 Å². The number of hydrogen-bond donors (Lipinski definition) is 3. The largest absolute Gasteiger partial charge is 0.476 e. The molecule has 0 radical (unpaired) electrons. The van der Waals surface area contributed by atoms with Gasteiger partial charge in [-0.05, 0) is 53.7 Å². The highest BCUT2D eigenvalue weighted by Crippen LogP contribution is 2.44. The van der Waals surface area contributed by atoms with Crippen LogP contribution in [0.3, 0.4) is 0 Å². The maximum absolute atomic E-state index is 15.6. The van der Waals surface area contributed by atoms with Gasteiger partial charge < -0.3 is 25.2 Å². The molecule has 1 amide bonds. The number of ether oxygens (including phenoxy) is 1. The lowest BCUT2D eigenvalue weighted by atomic mass is 9.86. The minimum Gasteiger partial charge on any atom is -0.476 e. The van der Waals surface area contributed by atoms with E-state index in [-0.39, 0.29) is 11.5 Å². The summed E-state index contributed by atoms with van der Waals surface area (Å²) in [4.78, 5) is 23.2. The fraction of sp³-hybridized carbons (Fsp3) is 0.444. The second kappa shape index (κ2) is 8.81. The summed E-state index contributed by atoms with van der Waals surface area (Å²) in [5, 5.41) is 23.0. The Bertz CT molecular complexity index is 1440. The van der Waals surface area contributed by atoms with Gasteiger partial charge in [-0.3, -0.25) is 4.79 Å². The first-order valence-corrected chi connectivity index (χ1v) is 12.0. The number of nitrogens with one attached hydrogen (secondary N) is 1. The van der Waals surface area contributed by atoms with Crippen LogP contribution >= 0.6 is 0 Å². The first-order chi connectivity index (χ1) is 17.4. The lowest BCUT2D eigenvalue weighted by Gasteiger charge is -2.37. The van der Waals surface area contributed by atoms with Crippen LogP contribution in [0.1, 0.15) is 51.6 Å². The summed E-state index contributed by atoms with van der Waals surface area (Å²) in [6.07, 6.45) is 0. The highest BCUT2D eigenvalue weighted by molar-refractivity contribution is 6.05. The van der Waals surface area contributed by atoms with Gasteiger partial charge >= 0.3 is 5.92 Å². The fourth-order valence-electron chi connectivity index (χ4n) is 4.54. The number of aryl methyl sites for hydroxylation is 1. The van der Waals surface area contributed by atoms with Crippen LogP contribution in [0, 0.1) is 12.7 Å². The third kappa shape index (κ3) is 4.33. The molecule has 4 rings (SSSR count). The van der Waals surface area contributed by atoms with E-state index in [0.717, 1.165) is 13.0 Å². The van der Waals surface area contributed by atoms with Crippen LogP contribution in [0.2, 0.25) is 0 Å². The van der Waals surface area contributed by atoms with E-state index in [4.69, 9.17) is 4.74 Å². The van der Waals surface area contributed by atoms with Crippen molar-refractivity contribution in [2.45, 2.75) is 64.2 Å². The second-order valence-corrected chi connectivity index (χ2v) is 10.9. The minimum atomic E-state index is -4.07. The first kappa shape index (κ1) is 27.6. The lowest BCUT2D eigenvalue weighted by Crippen LogP contribution is -2.50. The number of carbonyl (C=O) groups excluding carboxylic acids is 1. The standard InChI is InChI=1S/C27H31F3N4O4/c1-14-31-18-12-20-19(34(7)23(36)25(4,5)38-20)11-15(18)22(32-14)33-24(2,3)16-9-8-10-17(21(16)28)27(29,30)26(6,37)13-35/h8-12,35,37H,13H2,1-7H3,(H,31,32,33). The molecule has 0 saturated heterocycles. The number of benzene rings is 2. The van der Waals surface area contributed by atoms with Crippen molar-refractivity contribution < 1.29 is 32.9 Å². The number of halogens is 3. The Labute approximate surface area is 218 Å². The number of likely N-dealkylation sites (N-methyl/N-ethyl adjacent to an activating group) is 1. The zero-order valence-electron chi connectivity index (χ0n) is 22.3. The number of aliphatic hydroxyl groups is 2. The van der Waals surface area contributed by atoms with Crippen molar-refractivity contribution in [1.29, 1.82) is 0 Å². The molecule has 2 aromatic carbocycles. The van der Waals surface area contributed by atoms with Crippen LogP contribution in [-0.2, 0) is 16.3 Å². The quantitative estimate of drug-likeness (QED) is 0.432. The third-order valence-corrected chi connectivity index (χ3v) is 6.86. The third-order valence-electron chi connectivity index (χ3n) is 6.86. The van der Waals surface area contributed by atoms with Crippen molar-refractivity contribution in [3.8, 4) is 5.75 Å². The van der Waals surface area contributed by atoms with Crippen molar-refractivity contribution in [3.05, 3.63) is 53.1 Å². The molecule has 0 spiro atoms. The van der Waals surface area contributed by atoms with Crippen molar-refractivity contribution in [3.63, 3.8) is 0 Å². The second-order valence-electron chi connectivity index (χ2n) is 10.9. The van der Waals surface area contributed by atoms with Crippen molar-refractivity contribution in [1.82, 2.24) is 9.97 Å². The van der Waals surface area contributed by atoms with E-state index in [1.54, 1.807) is 53.8 Å². The van der Waals surface area contributed by atoms with Crippen LogP contribution in [0.4, 0.5) is 24.7 Å². The van der Waals surface area contributed by atoms with Gasteiger partial charge in [-0.25, -0.2) is 14.4 Å². The molecule has 3 N–H and O–H groups in total. The molecule has 3 aromatic rings. The van der Waals surface area contributed by atoms with Gasteiger partial charge in [0.2, 0.25) is 0 Å². The molecular formula is C27H31F3N4O4. The number of carbonyl (C=O) groups is 1. The smallest absolute Gasteiger partial charge is 0.306 e. The van der Waals surface area contributed by atoms with Crippen LogP contribution in [0.15, 0.2) is 30.3 Å². The number of aliphatic hydroxyl groups excluding tert-OH is 1. The van der Waals surface area contributed by atoms with E-state index < -0.39 is 40.7 Å². The molecule has 0 aliphatic carbocycles. The van der Waals surface area contributed by atoms with E-state index in [1.807, 2.05) is 0 Å². The number of anilines is 2. The molecule has 38 heavy (non-hydrogen) atoms. The molecule has 0 saturated carbocycles. The summed E-state index contributed by atoms with van der Waals surface area (Å²) in [6, 6.07) is 6.88. The molecule has 1 unspecified atom stereocenters. The number of aromatic nitrogens is 2. The average molecular weight is 533 g/mol. The van der Waals surface area contributed by atoms with Gasteiger partial charge in [0.25, 0.3) is 5.91 Å². The Morgan fingerprint density at radius 3 is 2.39 bits per heavy atom. The molecule has 1 atom stereocenters. The molecule has 8 nitrogen and oxygen atoms in total. The van der Waals surface area contributed by atoms with Crippen molar-refractivity contribution in [2.75, 3.05) is 23.9 Å². The zero-order chi connectivity index (χ0) is 28.4. The SMILES string of the molecule is Cc1nc(NC(C)(C)c2cccc(C(F)(F)C(C)(O)CO)c2F)c2cc3c(cc2n1)OC(C)(C)C(=O)N3C. The van der Waals surface area contributed by atoms with E-state index >= 15 is 4.39 Å². The van der Waals surface area contributed by atoms with E-state index in [0.29, 0.717) is 34.0 Å². The number of hydrogen-bond acceptors (Lipinski definition) is 7. The summed E-state index contributed by atoms with van der Waals surface area (Å²) in [6.45, 7) is 7.69. The normalized spacial score (nSPS) is 17.2. The first-order valence-electron chi connectivity index (χ1n) is 12.0. The number of amides is 1. The molecule has 1 aromatic heterocycles. The van der Waals surface area contributed by atoms with Gasteiger partial charge in [0.15, 0.2) is 11.2 Å². The Morgan fingerprint density at radius 1 is 1.13 bits per heavy atom. The topological polar surface area (TPSA) is 108 Å². The van der Waals surface area contributed by atoms with Gasteiger partial charge in [0.1, 0.15) is 23.2 Å². The summed E-state index contributed by atoms with van der Waals surface area (Å²) >= 11 is 0. The predicted octanol–water partition coefficient (Wildman–Crippen LogP) is 4.39. The van der Waals surface area contributed by atoms with Gasteiger partial charge in [-0.2, -0.15) is 8.78 Å². The number of alkyl halides is 2. The molecule has 0 fully saturated rings. The summed E-state index contributed by atoms with van der Waals surface area (Å²) < 4.78 is 51.5. The van der Waals surface area contributed by atoms with E-state index in [2.05, 4.69) is 15.3 Å². The van der Waals surface area contributed by atoms with Crippen LogP contribution in [0.5, 0.6) is 5.75 Å². The minimum absolute atomic E-state index is 0.108. The Kier molecular flexibility index (Phi) is 6.39. The van der Waals surface area contributed by atoms with E-state index in [1.165, 1.54) is 17.0 Å². The monoisotopic (exact) mass is 532 g/mol. The van der Waals surface area contributed by atoms with Crippen LogP contribution in [0.25, 0.3) is 10.9 Å². The Hall–Kier alpha value is -3.44. The molecule has 0 bridgehead atoms. The number of rotatable bonds is 6. The maximum Gasteiger partial charge on any atom is 0.306 e. The molecule has 204 valence electrons. The Morgan fingerprint density at radius 2 is 1.76 bits per heavy atom. The predicted molar refractivity (Wildman–Crippen MR) is 137 cm³/mol. The van der Waals surface area contributed by atoms with Gasteiger partial charge in [0, 0.05) is 24.1 Å². The van der Waals surface area contributed by atoms with Gasteiger partial charge in [-0.1, -0.05) is 12.1 Å². The fourth-order valence-corrected chi connectivity index (χ4v) is 4.54.